The molecule has 0 saturated carbocycles. The molecule has 0 aromatic heterocycles. The first-order valence-electron chi connectivity index (χ1n) is 7.45. The second-order valence-corrected chi connectivity index (χ2v) is 11.4. The number of amides is 1. The topological polar surface area (TPSA) is 41.1 Å². The average molecular weight is 292 g/mol. The maximum absolute atomic E-state index is 11.7. The van der Waals surface area contributed by atoms with Crippen LogP contribution in [0.25, 0.3) is 0 Å². The van der Waals surface area contributed by atoms with Gasteiger partial charge in [0.1, 0.15) is 0 Å². The summed E-state index contributed by atoms with van der Waals surface area (Å²) in [6.07, 6.45) is 0.969. The van der Waals surface area contributed by atoms with Gasteiger partial charge in [-0.1, -0.05) is 56.0 Å². The van der Waals surface area contributed by atoms with Crippen LogP contribution in [0.1, 0.15) is 25.8 Å². The van der Waals surface area contributed by atoms with Crippen molar-refractivity contribution < 1.29 is 4.79 Å². The van der Waals surface area contributed by atoms with Crippen LogP contribution in [0.15, 0.2) is 24.3 Å². The fourth-order valence-corrected chi connectivity index (χ4v) is 3.05. The molecule has 112 valence electrons. The molecule has 1 aromatic rings. The predicted molar refractivity (Wildman–Crippen MR) is 89.0 cm³/mol. The van der Waals surface area contributed by atoms with E-state index in [9.17, 15) is 4.79 Å². The molecule has 2 N–H and O–H groups in total. The van der Waals surface area contributed by atoms with Crippen LogP contribution in [-0.2, 0) is 11.3 Å². The number of hydrogen-bond acceptors (Lipinski definition) is 2. The Labute approximate surface area is 124 Å². The fraction of sp³-hybridized carbons (Fsp3) is 0.562. The van der Waals surface area contributed by atoms with Crippen LogP contribution in [0.5, 0.6) is 0 Å². The third kappa shape index (κ3) is 5.47. The minimum Gasteiger partial charge on any atom is -0.355 e. The van der Waals surface area contributed by atoms with E-state index in [1.807, 2.05) is 6.92 Å². The van der Waals surface area contributed by atoms with Gasteiger partial charge in [-0.2, -0.15) is 0 Å². The molecule has 1 amide bonds. The van der Waals surface area contributed by atoms with Crippen molar-refractivity contribution in [2.75, 3.05) is 6.54 Å². The predicted octanol–water partition coefficient (Wildman–Crippen LogP) is 2.24. The maximum Gasteiger partial charge on any atom is 0.236 e. The molecular weight excluding hydrogens is 264 g/mol. The van der Waals surface area contributed by atoms with Crippen LogP contribution >= 0.6 is 0 Å². The van der Waals surface area contributed by atoms with Crippen LogP contribution in [0.4, 0.5) is 0 Å². The van der Waals surface area contributed by atoms with Gasteiger partial charge < -0.3 is 10.6 Å². The van der Waals surface area contributed by atoms with E-state index >= 15 is 0 Å². The third-order valence-corrected chi connectivity index (χ3v) is 5.44. The van der Waals surface area contributed by atoms with E-state index in [0.717, 1.165) is 19.5 Å². The lowest BCUT2D eigenvalue weighted by molar-refractivity contribution is -0.122. The zero-order chi connectivity index (χ0) is 15.2. The average Bonchev–Trinajstić information content (AvgIpc) is 2.41. The standard InChI is InChI=1S/C16H28N2OSi/c1-6-11-17-16(19)13(2)18-12-14-7-9-15(10-8-14)20(3,4)5/h7-10,13,18H,6,11-12H2,1-5H3,(H,17,19). The normalized spacial score (nSPS) is 13.1. The third-order valence-electron chi connectivity index (χ3n) is 3.37. The Morgan fingerprint density at radius 3 is 2.30 bits per heavy atom. The Hall–Kier alpha value is -1.13. The van der Waals surface area contributed by atoms with E-state index < -0.39 is 8.07 Å². The molecule has 0 heterocycles. The molecule has 0 fully saturated rings. The Bertz CT molecular complexity index is 423. The summed E-state index contributed by atoms with van der Waals surface area (Å²) in [5.74, 6) is 0.0746. The van der Waals surface area contributed by atoms with E-state index in [0.29, 0.717) is 0 Å². The monoisotopic (exact) mass is 292 g/mol. The molecule has 0 bridgehead atoms. The first-order chi connectivity index (χ1) is 9.34. The Kier molecular flexibility index (Phi) is 6.43. The fourth-order valence-electron chi connectivity index (χ4n) is 1.89. The van der Waals surface area contributed by atoms with E-state index in [1.165, 1.54) is 10.8 Å². The van der Waals surface area contributed by atoms with Gasteiger partial charge in [0.15, 0.2) is 0 Å². The number of nitrogens with one attached hydrogen (secondary N) is 2. The minimum absolute atomic E-state index is 0.0746. The highest BCUT2D eigenvalue weighted by Gasteiger charge is 2.16. The highest BCUT2D eigenvalue weighted by molar-refractivity contribution is 6.88. The second-order valence-electron chi connectivity index (χ2n) is 6.34. The quantitative estimate of drug-likeness (QED) is 0.757. The van der Waals surface area contributed by atoms with Gasteiger partial charge in [-0.25, -0.2) is 0 Å². The largest absolute Gasteiger partial charge is 0.355 e. The summed E-state index contributed by atoms with van der Waals surface area (Å²) in [5, 5.41) is 7.63. The van der Waals surface area contributed by atoms with Gasteiger partial charge in [-0.15, -0.1) is 0 Å². The highest BCUT2D eigenvalue weighted by atomic mass is 28.3. The molecule has 1 aromatic carbocycles. The number of carbonyl (C=O) groups is 1. The van der Waals surface area contributed by atoms with Gasteiger partial charge in [0, 0.05) is 13.1 Å². The molecule has 0 aliphatic heterocycles. The van der Waals surface area contributed by atoms with Crippen molar-refractivity contribution in [2.24, 2.45) is 0 Å². The summed E-state index contributed by atoms with van der Waals surface area (Å²) in [4.78, 5) is 11.7. The zero-order valence-corrected chi connectivity index (χ0v) is 14.4. The molecule has 1 atom stereocenters. The minimum atomic E-state index is -1.22. The molecular formula is C16H28N2OSi. The molecule has 3 nitrogen and oxygen atoms in total. The van der Waals surface area contributed by atoms with E-state index in [1.54, 1.807) is 0 Å². The first-order valence-corrected chi connectivity index (χ1v) is 10.9. The maximum atomic E-state index is 11.7. The van der Waals surface area contributed by atoms with Crippen molar-refractivity contribution in [2.45, 2.75) is 52.5 Å². The molecule has 4 heteroatoms. The zero-order valence-electron chi connectivity index (χ0n) is 13.4. The lowest BCUT2D eigenvalue weighted by atomic mass is 10.2. The van der Waals surface area contributed by atoms with Gasteiger partial charge in [-0.05, 0) is 18.9 Å². The molecule has 1 unspecified atom stereocenters. The molecule has 0 saturated heterocycles. The summed E-state index contributed by atoms with van der Waals surface area (Å²) < 4.78 is 0. The Balaban J connectivity index is 2.48. The number of carbonyl (C=O) groups excluding carboxylic acids is 1. The van der Waals surface area contributed by atoms with Crippen LogP contribution in [0, 0.1) is 0 Å². The van der Waals surface area contributed by atoms with Crippen molar-refractivity contribution >= 4 is 19.2 Å². The lowest BCUT2D eigenvalue weighted by Crippen LogP contribution is -2.42. The van der Waals surface area contributed by atoms with Gasteiger partial charge in [-0.3, -0.25) is 4.79 Å². The summed E-state index contributed by atoms with van der Waals surface area (Å²) in [5.41, 5.74) is 1.22. The summed E-state index contributed by atoms with van der Waals surface area (Å²) in [7, 11) is -1.22. The number of benzene rings is 1. The van der Waals surface area contributed by atoms with Gasteiger partial charge in [0.25, 0.3) is 0 Å². The van der Waals surface area contributed by atoms with Crippen molar-refractivity contribution in [3.05, 3.63) is 29.8 Å². The van der Waals surface area contributed by atoms with Crippen molar-refractivity contribution in [3.63, 3.8) is 0 Å². The highest BCUT2D eigenvalue weighted by Crippen LogP contribution is 2.04. The molecule has 1 rings (SSSR count). The SMILES string of the molecule is CCCNC(=O)C(C)NCc1ccc([Si](C)(C)C)cc1. The smallest absolute Gasteiger partial charge is 0.236 e. The molecule has 0 aliphatic rings. The lowest BCUT2D eigenvalue weighted by Gasteiger charge is -2.17. The van der Waals surface area contributed by atoms with Gasteiger partial charge in [0.05, 0.1) is 14.1 Å². The number of hydrogen-bond donors (Lipinski definition) is 2. The molecule has 20 heavy (non-hydrogen) atoms. The summed E-state index contributed by atoms with van der Waals surface area (Å²) in [6.45, 7) is 12.5. The Morgan fingerprint density at radius 1 is 1.20 bits per heavy atom. The van der Waals surface area contributed by atoms with Crippen molar-refractivity contribution in [3.8, 4) is 0 Å². The Morgan fingerprint density at radius 2 is 1.80 bits per heavy atom. The van der Waals surface area contributed by atoms with E-state index in [4.69, 9.17) is 0 Å². The van der Waals surface area contributed by atoms with Crippen LogP contribution < -0.4 is 15.8 Å². The van der Waals surface area contributed by atoms with Crippen LogP contribution in [0.3, 0.4) is 0 Å². The summed E-state index contributed by atoms with van der Waals surface area (Å²) in [6, 6.07) is 8.63. The van der Waals surface area contributed by atoms with E-state index in [-0.39, 0.29) is 11.9 Å². The second kappa shape index (κ2) is 7.60. The summed E-state index contributed by atoms with van der Waals surface area (Å²) >= 11 is 0. The molecule has 0 spiro atoms. The van der Waals surface area contributed by atoms with Crippen molar-refractivity contribution in [1.82, 2.24) is 10.6 Å². The molecule has 0 radical (unpaired) electrons. The van der Waals surface area contributed by atoms with Gasteiger partial charge >= 0.3 is 0 Å². The van der Waals surface area contributed by atoms with Crippen molar-refractivity contribution in [1.29, 1.82) is 0 Å². The van der Waals surface area contributed by atoms with Crippen LogP contribution in [0.2, 0.25) is 19.6 Å². The van der Waals surface area contributed by atoms with Gasteiger partial charge in [0.2, 0.25) is 5.91 Å². The first kappa shape index (κ1) is 16.9. The van der Waals surface area contributed by atoms with E-state index in [2.05, 4.69) is 61.5 Å². The van der Waals surface area contributed by atoms with Crippen LogP contribution in [-0.4, -0.2) is 26.6 Å². The number of rotatable bonds is 7. The molecule has 0 aliphatic carbocycles.